The number of ether oxygens (including phenoxy) is 1. The van der Waals surface area contributed by atoms with Gasteiger partial charge in [-0.3, -0.25) is 14.5 Å². The van der Waals surface area contributed by atoms with Crippen molar-refractivity contribution in [2.75, 3.05) is 13.7 Å². The van der Waals surface area contributed by atoms with E-state index >= 15 is 0 Å². The highest BCUT2D eigenvalue weighted by molar-refractivity contribution is 6.00. The van der Waals surface area contributed by atoms with Gasteiger partial charge in [0.2, 0.25) is 0 Å². The molecule has 0 bridgehead atoms. The standard InChI is InChI=1S/C25H30N4O2.C2H6/c1-17-14-20(12-13-26-17)19-10-8-18(9-11-19)15-27-25(30)22-16-29(2)28-24(22)21-6-4-5-7-23(21)31-3;1-2/h4-7,12-14,16,18-19H,8-11,15H2,1-3H3,(H,27,30);1-2H3. The number of carbonyl (C=O) groups is 1. The molecule has 176 valence electrons. The van der Waals surface area contributed by atoms with Gasteiger partial charge in [0.1, 0.15) is 11.4 Å². The van der Waals surface area contributed by atoms with E-state index in [0.29, 0.717) is 35.4 Å². The van der Waals surface area contributed by atoms with Crippen LogP contribution in [0.25, 0.3) is 11.3 Å². The van der Waals surface area contributed by atoms with Gasteiger partial charge in [0.05, 0.1) is 12.7 Å². The van der Waals surface area contributed by atoms with Gasteiger partial charge >= 0.3 is 0 Å². The predicted molar refractivity (Wildman–Crippen MR) is 133 cm³/mol. The molecule has 1 fully saturated rings. The molecule has 1 saturated carbocycles. The van der Waals surface area contributed by atoms with Gasteiger partial charge in [0, 0.05) is 37.2 Å². The third-order valence-electron chi connectivity index (χ3n) is 6.23. The number of rotatable bonds is 6. The first-order valence-corrected chi connectivity index (χ1v) is 11.9. The number of aryl methyl sites for hydroxylation is 2. The molecule has 1 aliphatic carbocycles. The van der Waals surface area contributed by atoms with Crippen molar-refractivity contribution in [1.29, 1.82) is 0 Å². The summed E-state index contributed by atoms with van der Waals surface area (Å²) in [7, 11) is 3.46. The number of nitrogens with zero attached hydrogens (tertiary/aromatic N) is 3. The number of para-hydroxylation sites is 1. The molecule has 0 atom stereocenters. The number of carbonyl (C=O) groups excluding carboxylic acids is 1. The first-order chi connectivity index (χ1) is 16.0. The molecule has 33 heavy (non-hydrogen) atoms. The molecule has 1 N–H and O–H groups in total. The summed E-state index contributed by atoms with van der Waals surface area (Å²) in [6, 6.07) is 12.0. The molecule has 1 aliphatic rings. The van der Waals surface area contributed by atoms with Crippen LogP contribution in [0.15, 0.2) is 48.8 Å². The van der Waals surface area contributed by atoms with Gasteiger partial charge in [-0.1, -0.05) is 26.0 Å². The molecule has 0 unspecified atom stereocenters. The topological polar surface area (TPSA) is 69.0 Å². The molecule has 2 heterocycles. The summed E-state index contributed by atoms with van der Waals surface area (Å²) in [6.07, 6.45) is 8.24. The number of pyridine rings is 1. The Kier molecular flexibility index (Phi) is 8.64. The minimum absolute atomic E-state index is 0.0825. The summed E-state index contributed by atoms with van der Waals surface area (Å²) in [5.74, 6) is 1.74. The number of benzene rings is 1. The Morgan fingerprint density at radius 1 is 1.15 bits per heavy atom. The first-order valence-electron chi connectivity index (χ1n) is 11.9. The minimum atomic E-state index is -0.0825. The first kappa shape index (κ1) is 24.5. The molecule has 3 aromatic rings. The lowest BCUT2D eigenvalue weighted by Crippen LogP contribution is -2.31. The lowest BCUT2D eigenvalue weighted by atomic mass is 9.79. The lowest BCUT2D eigenvalue weighted by Gasteiger charge is -2.29. The van der Waals surface area contributed by atoms with Crippen LogP contribution >= 0.6 is 0 Å². The fourth-order valence-electron chi connectivity index (χ4n) is 4.55. The van der Waals surface area contributed by atoms with Gasteiger partial charge in [0.25, 0.3) is 5.91 Å². The Labute approximate surface area is 197 Å². The van der Waals surface area contributed by atoms with Crippen molar-refractivity contribution in [3.8, 4) is 17.0 Å². The molecule has 0 saturated heterocycles. The lowest BCUT2D eigenvalue weighted by molar-refractivity contribution is 0.0943. The highest BCUT2D eigenvalue weighted by atomic mass is 16.5. The van der Waals surface area contributed by atoms with Crippen molar-refractivity contribution in [3.63, 3.8) is 0 Å². The van der Waals surface area contributed by atoms with E-state index < -0.39 is 0 Å². The summed E-state index contributed by atoms with van der Waals surface area (Å²) in [5.41, 5.74) is 4.52. The van der Waals surface area contributed by atoms with E-state index in [0.717, 1.165) is 36.9 Å². The molecule has 0 spiro atoms. The molecular weight excluding hydrogens is 412 g/mol. The molecule has 6 heteroatoms. The largest absolute Gasteiger partial charge is 0.496 e. The summed E-state index contributed by atoms with van der Waals surface area (Å²) in [6.45, 7) is 6.74. The Bertz CT molecular complexity index is 1050. The van der Waals surface area contributed by atoms with E-state index in [2.05, 4.69) is 27.5 Å². The number of aromatic nitrogens is 3. The van der Waals surface area contributed by atoms with Gasteiger partial charge in [-0.05, 0) is 74.3 Å². The van der Waals surface area contributed by atoms with Gasteiger partial charge in [-0.2, -0.15) is 5.10 Å². The van der Waals surface area contributed by atoms with E-state index in [1.54, 1.807) is 18.0 Å². The van der Waals surface area contributed by atoms with E-state index in [1.807, 2.05) is 58.3 Å². The smallest absolute Gasteiger partial charge is 0.255 e. The number of methoxy groups -OCH3 is 1. The second-order valence-electron chi connectivity index (χ2n) is 8.42. The van der Waals surface area contributed by atoms with Crippen LogP contribution in [0.5, 0.6) is 5.75 Å². The van der Waals surface area contributed by atoms with Crippen LogP contribution < -0.4 is 10.1 Å². The third kappa shape index (κ3) is 6.01. The average Bonchev–Trinajstić information content (AvgIpc) is 3.25. The third-order valence-corrected chi connectivity index (χ3v) is 6.23. The molecule has 1 amide bonds. The molecule has 1 aromatic carbocycles. The van der Waals surface area contributed by atoms with Gasteiger partial charge in [0.15, 0.2) is 0 Å². The fraction of sp³-hybridized carbons (Fsp3) is 0.444. The average molecular weight is 449 g/mol. The van der Waals surface area contributed by atoms with E-state index in [9.17, 15) is 4.79 Å². The van der Waals surface area contributed by atoms with Gasteiger partial charge in [-0.15, -0.1) is 0 Å². The summed E-state index contributed by atoms with van der Waals surface area (Å²) < 4.78 is 7.15. The zero-order valence-electron chi connectivity index (χ0n) is 20.5. The Morgan fingerprint density at radius 2 is 1.88 bits per heavy atom. The van der Waals surface area contributed by atoms with Crippen LogP contribution in [0.2, 0.25) is 0 Å². The van der Waals surface area contributed by atoms with Gasteiger partial charge < -0.3 is 10.1 Å². The maximum absolute atomic E-state index is 13.0. The van der Waals surface area contributed by atoms with Crippen LogP contribution in [0.4, 0.5) is 0 Å². The maximum Gasteiger partial charge on any atom is 0.255 e. The van der Waals surface area contributed by atoms with Crippen LogP contribution in [0.3, 0.4) is 0 Å². The van der Waals surface area contributed by atoms with Crippen molar-refractivity contribution in [1.82, 2.24) is 20.1 Å². The van der Waals surface area contributed by atoms with E-state index in [4.69, 9.17) is 4.74 Å². The van der Waals surface area contributed by atoms with E-state index in [1.165, 1.54) is 5.56 Å². The molecule has 6 nitrogen and oxygen atoms in total. The quantitative estimate of drug-likeness (QED) is 0.538. The van der Waals surface area contributed by atoms with Crippen LogP contribution in [0, 0.1) is 12.8 Å². The SMILES string of the molecule is CC.COc1ccccc1-c1nn(C)cc1C(=O)NCC1CCC(c2ccnc(C)c2)CC1. The van der Waals surface area contributed by atoms with Gasteiger partial charge in [-0.25, -0.2) is 0 Å². The van der Waals surface area contributed by atoms with Crippen LogP contribution in [-0.4, -0.2) is 34.3 Å². The monoisotopic (exact) mass is 448 g/mol. The zero-order valence-corrected chi connectivity index (χ0v) is 20.5. The Hall–Kier alpha value is -3.15. The highest BCUT2D eigenvalue weighted by Gasteiger charge is 2.24. The van der Waals surface area contributed by atoms with Crippen molar-refractivity contribution >= 4 is 5.91 Å². The fourth-order valence-corrected chi connectivity index (χ4v) is 4.55. The summed E-state index contributed by atoms with van der Waals surface area (Å²) in [4.78, 5) is 17.3. The molecule has 0 aliphatic heterocycles. The second kappa shape index (κ2) is 11.6. The van der Waals surface area contributed by atoms with Crippen molar-refractivity contribution in [2.24, 2.45) is 13.0 Å². The molecule has 4 rings (SSSR count). The van der Waals surface area contributed by atoms with Crippen molar-refractivity contribution in [3.05, 3.63) is 65.6 Å². The summed E-state index contributed by atoms with van der Waals surface area (Å²) in [5, 5.41) is 7.68. The number of amides is 1. The Balaban J connectivity index is 0.00000149. The number of hydrogen-bond acceptors (Lipinski definition) is 4. The zero-order chi connectivity index (χ0) is 23.8. The van der Waals surface area contributed by atoms with E-state index in [-0.39, 0.29) is 5.91 Å². The van der Waals surface area contributed by atoms with Crippen molar-refractivity contribution in [2.45, 2.75) is 52.4 Å². The normalized spacial score (nSPS) is 17.6. The Morgan fingerprint density at radius 3 is 2.58 bits per heavy atom. The molecule has 2 aromatic heterocycles. The minimum Gasteiger partial charge on any atom is -0.496 e. The van der Waals surface area contributed by atoms with Crippen molar-refractivity contribution < 1.29 is 9.53 Å². The molecule has 0 radical (unpaired) electrons. The number of nitrogens with one attached hydrogen (secondary N) is 1. The summed E-state index contributed by atoms with van der Waals surface area (Å²) >= 11 is 0. The second-order valence-corrected chi connectivity index (χ2v) is 8.42. The highest BCUT2D eigenvalue weighted by Crippen LogP contribution is 2.36. The number of hydrogen-bond donors (Lipinski definition) is 1. The maximum atomic E-state index is 13.0. The van der Waals surface area contributed by atoms with Crippen LogP contribution in [-0.2, 0) is 7.05 Å². The van der Waals surface area contributed by atoms with Crippen LogP contribution in [0.1, 0.15) is 67.1 Å². The predicted octanol–water partition coefficient (Wildman–Crippen LogP) is 5.53. The molecular formula is C27H36N4O2.